The molecule has 0 aliphatic heterocycles. The van der Waals surface area contributed by atoms with Crippen LogP contribution < -0.4 is 5.32 Å². The highest BCUT2D eigenvalue weighted by Crippen LogP contribution is 2.14. The molecule has 0 fully saturated rings. The van der Waals surface area contributed by atoms with Crippen molar-refractivity contribution in [2.75, 3.05) is 19.3 Å². The molecule has 0 aromatic carbocycles. The standard InChI is InChI=1S/C10H15NOS/c1-9(6-11-2)7-13-8-10-4-3-5-12-10/h3-5,11H,1,6-8H2,2H3. The van der Waals surface area contributed by atoms with Crippen LogP contribution in [0.2, 0.25) is 0 Å². The summed E-state index contributed by atoms with van der Waals surface area (Å²) < 4.78 is 5.21. The Morgan fingerprint density at radius 1 is 1.69 bits per heavy atom. The molecule has 1 aromatic rings. The lowest BCUT2D eigenvalue weighted by Gasteiger charge is -2.02. The summed E-state index contributed by atoms with van der Waals surface area (Å²) in [6, 6.07) is 3.91. The van der Waals surface area contributed by atoms with Gasteiger partial charge in [-0.05, 0) is 19.2 Å². The van der Waals surface area contributed by atoms with Gasteiger partial charge in [0.15, 0.2) is 0 Å². The van der Waals surface area contributed by atoms with Crippen LogP contribution in [0, 0.1) is 0 Å². The zero-order valence-corrected chi connectivity index (χ0v) is 8.69. The van der Waals surface area contributed by atoms with E-state index in [0.29, 0.717) is 0 Å². The molecule has 0 spiro atoms. The van der Waals surface area contributed by atoms with Gasteiger partial charge in [0.1, 0.15) is 5.76 Å². The second-order valence-corrected chi connectivity index (χ2v) is 3.84. The smallest absolute Gasteiger partial charge is 0.113 e. The van der Waals surface area contributed by atoms with Crippen LogP contribution >= 0.6 is 11.8 Å². The molecule has 0 amide bonds. The van der Waals surface area contributed by atoms with Gasteiger partial charge in [-0.3, -0.25) is 0 Å². The predicted octanol–water partition coefficient (Wildman–Crippen LogP) is 2.29. The summed E-state index contributed by atoms with van der Waals surface area (Å²) in [7, 11) is 1.93. The SMILES string of the molecule is C=C(CNC)CSCc1ccco1. The molecule has 72 valence electrons. The third-order valence-corrected chi connectivity index (χ3v) is 2.66. The van der Waals surface area contributed by atoms with E-state index >= 15 is 0 Å². The van der Waals surface area contributed by atoms with E-state index in [4.69, 9.17) is 4.42 Å². The van der Waals surface area contributed by atoms with Gasteiger partial charge in [0, 0.05) is 12.3 Å². The Labute approximate surface area is 83.4 Å². The molecule has 1 rings (SSSR count). The molecule has 1 aromatic heterocycles. The highest BCUT2D eigenvalue weighted by molar-refractivity contribution is 7.98. The first kappa shape index (κ1) is 10.4. The summed E-state index contributed by atoms with van der Waals surface area (Å²) in [6.45, 7) is 4.84. The summed E-state index contributed by atoms with van der Waals surface area (Å²) in [6.07, 6.45) is 1.71. The van der Waals surface area contributed by atoms with Crippen LogP contribution in [0.3, 0.4) is 0 Å². The molecule has 0 atom stereocenters. The second-order valence-electron chi connectivity index (χ2n) is 2.85. The monoisotopic (exact) mass is 197 g/mol. The minimum atomic E-state index is 0.894. The Morgan fingerprint density at radius 3 is 3.15 bits per heavy atom. The Hall–Kier alpha value is -0.670. The largest absolute Gasteiger partial charge is 0.468 e. The third-order valence-electron chi connectivity index (χ3n) is 1.56. The van der Waals surface area contributed by atoms with Gasteiger partial charge in [-0.25, -0.2) is 0 Å². The van der Waals surface area contributed by atoms with Gasteiger partial charge in [0.2, 0.25) is 0 Å². The van der Waals surface area contributed by atoms with Crippen LogP contribution in [0.5, 0.6) is 0 Å². The molecule has 0 saturated heterocycles. The lowest BCUT2D eigenvalue weighted by Crippen LogP contribution is -2.10. The van der Waals surface area contributed by atoms with Crippen LogP contribution in [-0.4, -0.2) is 19.3 Å². The van der Waals surface area contributed by atoms with Gasteiger partial charge < -0.3 is 9.73 Å². The Kier molecular flexibility index (Phi) is 4.72. The van der Waals surface area contributed by atoms with Crippen molar-refractivity contribution in [3.8, 4) is 0 Å². The van der Waals surface area contributed by atoms with E-state index in [-0.39, 0.29) is 0 Å². The van der Waals surface area contributed by atoms with E-state index in [0.717, 1.165) is 23.8 Å². The molecule has 0 aliphatic carbocycles. The molecule has 1 N–H and O–H groups in total. The molecule has 0 aliphatic rings. The fraction of sp³-hybridized carbons (Fsp3) is 0.400. The Morgan fingerprint density at radius 2 is 2.54 bits per heavy atom. The Balaban J connectivity index is 2.11. The molecular formula is C10H15NOS. The zero-order valence-electron chi connectivity index (χ0n) is 7.88. The first-order valence-corrected chi connectivity index (χ1v) is 5.39. The van der Waals surface area contributed by atoms with Crippen LogP contribution in [-0.2, 0) is 5.75 Å². The van der Waals surface area contributed by atoms with E-state index in [1.165, 1.54) is 5.57 Å². The summed E-state index contributed by atoms with van der Waals surface area (Å²) in [5, 5.41) is 3.07. The van der Waals surface area contributed by atoms with Gasteiger partial charge in [-0.15, -0.1) is 11.8 Å². The maximum Gasteiger partial charge on any atom is 0.113 e. The highest BCUT2D eigenvalue weighted by atomic mass is 32.2. The fourth-order valence-electron chi connectivity index (χ4n) is 0.992. The quantitative estimate of drug-likeness (QED) is 0.708. The topological polar surface area (TPSA) is 25.2 Å². The molecular weight excluding hydrogens is 182 g/mol. The zero-order chi connectivity index (χ0) is 9.52. The number of rotatable bonds is 6. The van der Waals surface area contributed by atoms with Crippen LogP contribution in [0.25, 0.3) is 0 Å². The van der Waals surface area contributed by atoms with Gasteiger partial charge in [0.25, 0.3) is 0 Å². The number of hydrogen-bond donors (Lipinski definition) is 1. The molecule has 2 nitrogen and oxygen atoms in total. The Bertz CT molecular complexity index is 243. The molecule has 3 heteroatoms. The summed E-state index contributed by atoms with van der Waals surface area (Å²) >= 11 is 1.83. The van der Waals surface area contributed by atoms with Gasteiger partial charge in [-0.2, -0.15) is 0 Å². The van der Waals surface area contributed by atoms with Crippen molar-refractivity contribution in [2.24, 2.45) is 0 Å². The minimum absolute atomic E-state index is 0.894. The normalized spacial score (nSPS) is 10.2. The summed E-state index contributed by atoms with van der Waals surface area (Å²) in [4.78, 5) is 0. The van der Waals surface area contributed by atoms with E-state index in [1.807, 2.05) is 30.9 Å². The highest BCUT2D eigenvalue weighted by Gasteiger charge is 1.97. The average Bonchev–Trinajstić information content (AvgIpc) is 2.57. The maximum atomic E-state index is 5.21. The van der Waals surface area contributed by atoms with Crippen molar-refractivity contribution in [3.05, 3.63) is 36.3 Å². The molecule has 0 bridgehead atoms. The van der Waals surface area contributed by atoms with E-state index < -0.39 is 0 Å². The van der Waals surface area contributed by atoms with E-state index in [2.05, 4.69) is 11.9 Å². The maximum absolute atomic E-state index is 5.21. The van der Waals surface area contributed by atoms with Crippen LogP contribution in [0.1, 0.15) is 5.76 Å². The number of furan rings is 1. The predicted molar refractivity (Wildman–Crippen MR) is 57.9 cm³/mol. The average molecular weight is 197 g/mol. The third kappa shape index (κ3) is 4.20. The van der Waals surface area contributed by atoms with Crippen molar-refractivity contribution in [1.82, 2.24) is 5.32 Å². The van der Waals surface area contributed by atoms with Gasteiger partial charge >= 0.3 is 0 Å². The van der Waals surface area contributed by atoms with E-state index in [1.54, 1.807) is 6.26 Å². The lowest BCUT2D eigenvalue weighted by molar-refractivity contribution is 0.530. The summed E-state index contributed by atoms with van der Waals surface area (Å²) in [5.41, 5.74) is 1.22. The van der Waals surface area contributed by atoms with Crippen molar-refractivity contribution in [2.45, 2.75) is 5.75 Å². The molecule has 1 heterocycles. The van der Waals surface area contributed by atoms with E-state index in [9.17, 15) is 0 Å². The van der Waals surface area contributed by atoms with Crippen molar-refractivity contribution in [1.29, 1.82) is 0 Å². The lowest BCUT2D eigenvalue weighted by atomic mass is 10.3. The first-order valence-electron chi connectivity index (χ1n) is 4.24. The number of likely N-dealkylation sites (N-methyl/N-ethyl adjacent to an activating group) is 1. The number of nitrogens with one attached hydrogen (secondary N) is 1. The minimum Gasteiger partial charge on any atom is -0.468 e. The van der Waals surface area contributed by atoms with Gasteiger partial charge in [-0.1, -0.05) is 12.2 Å². The van der Waals surface area contributed by atoms with Crippen LogP contribution in [0.15, 0.2) is 35.0 Å². The number of hydrogen-bond acceptors (Lipinski definition) is 3. The molecule has 13 heavy (non-hydrogen) atoms. The van der Waals surface area contributed by atoms with Crippen LogP contribution in [0.4, 0.5) is 0 Å². The van der Waals surface area contributed by atoms with Crippen molar-refractivity contribution >= 4 is 11.8 Å². The first-order chi connectivity index (χ1) is 6.33. The second kappa shape index (κ2) is 5.89. The molecule has 0 saturated carbocycles. The van der Waals surface area contributed by atoms with Crippen molar-refractivity contribution < 1.29 is 4.42 Å². The van der Waals surface area contributed by atoms with Gasteiger partial charge in [0.05, 0.1) is 12.0 Å². The fourth-order valence-corrected chi connectivity index (χ4v) is 1.85. The molecule has 0 unspecified atom stereocenters. The van der Waals surface area contributed by atoms with Crippen molar-refractivity contribution in [3.63, 3.8) is 0 Å². The summed E-state index contributed by atoms with van der Waals surface area (Å²) in [5.74, 6) is 2.94. The molecule has 0 radical (unpaired) electrons. The number of thioether (sulfide) groups is 1.